The van der Waals surface area contributed by atoms with Gasteiger partial charge in [0.15, 0.2) is 6.04 Å². The maximum Gasteiger partial charge on any atom is 0.328 e. The second-order valence-electron chi connectivity index (χ2n) is 3.28. The van der Waals surface area contributed by atoms with Crippen LogP contribution in [0, 0.1) is 0 Å². The van der Waals surface area contributed by atoms with Crippen LogP contribution in [-0.4, -0.2) is 34.7 Å². The molecule has 17 heavy (non-hydrogen) atoms. The van der Waals surface area contributed by atoms with E-state index in [1.54, 1.807) is 6.07 Å². The van der Waals surface area contributed by atoms with Gasteiger partial charge in [0.2, 0.25) is 0 Å². The molecule has 0 radical (unpaired) electrons. The Morgan fingerprint density at radius 2 is 2.12 bits per heavy atom. The lowest BCUT2D eigenvalue weighted by atomic mass is 10.1. The smallest absolute Gasteiger partial charge is 0.328 e. The van der Waals surface area contributed by atoms with Crippen molar-refractivity contribution in [1.82, 2.24) is 5.32 Å². The summed E-state index contributed by atoms with van der Waals surface area (Å²) in [4.78, 5) is 22.3. The monoisotopic (exact) mass is 302 g/mol. The lowest BCUT2D eigenvalue weighted by molar-refractivity contribution is -0.140. The largest absolute Gasteiger partial charge is 0.480 e. The van der Waals surface area contributed by atoms with Crippen molar-refractivity contribution < 1.29 is 19.8 Å². The summed E-state index contributed by atoms with van der Waals surface area (Å²) in [5.41, 5.74) is 6.00. The van der Waals surface area contributed by atoms with Gasteiger partial charge < -0.3 is 21.3 Å². The fourth-order valence-electron chi connectivity index (χ4n) is 1.16. The predicted octanol–water partition coefficient (Wildman–Crippen LogP) is 0.207. The van der Waals surface area contributed by atoms with E-state index < -0.39 is 24.5 Å². The van der Waals surface area contributed by atoms with Gasteiger partial charge in [0.25, 0.3) is 5.91 Å². The van der Waals surface area contributed by atoms with Gasteiger partial charge in [-0.3, -0.25) is 4.79 Å². The average Bonchev–Trinajstić information content (AvgIpc) is 2.24. The standard InChI is InChI=1S/C10H11BrN2O4/c11-5-1-2-6(7(12)3-5)9(15)13-8(4-14)10(16)17/h1-3,8,14H,4,12H2,(H,13,15)(H,16,17)/t8-/m1/s1. The van der Waals surface area contributed by atoms with Gasteiger partial charge >= 0.3 is 5.97 Å². The number of carbonyl (C=O) groups excluding carboxylic acids is 1. The van der Waals surface area contributed by atoms with E-state index in [-0.39, 0.29) is 11.3 Å². The molecule has 5 N–H and O–H groups in total. The zero-order chi connectivity index (χ0) is 13.0. The van der Waals surface area contributed by atoms with Crippen LogP contribution < -0.4 is 11.1 Å². The molecule has 0 aliphatic carbocycles. The average molecular weight is 303 g/mol. The van der Waals surface area contributed by atoms with E-state index in [2.05, 4.69) is 21.2 Å². The highest BCUT2D eigenvalue weighted by molar-refractivity contribution is 9.10. The maximum absolute atomic E-state index is 11.7. The van der Waals surface area contributed by atoms with Crippen molar-refractivity contribution in [1.29, 1.82) is 0 Å². The Morgan fingerprint density at radius 1 is 1.47 bits per heavy atom. The van der Waals surface area contributed by atoms with E-state index in [9.17, 15) is 9.59 Å². The van der Waals surface area contributed by atoms with Crippen LogP contribution in [0.1, 0.15) is 10.4 Å². The summed E-state index contributed by atoms with van der Waals surface area (Å²) in [6.07, 6.45) is 0. The molecule has 0 heterocycles. The fraction of sp³-hybridized carbons (Fsp3) is 0.200. The molecule has 1 aromatic rings. The quantitative estimate of drug-likeness (QED) is 0.594. The maximum atomic E-state index is 11.7. The summed E-state index contributed by atoms with van der Waals surface area (Å²) in [5.74, 6) is -1.95. The van der Waals surface area contributed by atoms with Gasteiger partial charge in [-0.05, 0) is 18.2 Å². The Balaban J connectivity index is 2.86. The summed E-state index contributed by atoms with van der Waals surface area (Å²) in [6, 6.07) is 3.26. The SMILES string of the molecule is Nc1cc(Br)ccc1C(=O)N[C@H](CO)C(=O)O. The number of benzene rings is 1. The van der Waals surface area contributed by atoms with Crippen LogP contribution in [0.25, 0.3) is 0 Å². The van der Waals surface area contributed by atoms with Gasteiger partial charge in [-0.1, -0.05) is 15.9 Å². The molecule has 6 nitrogen and oxygen atoms in total. The fourth-order valence-corrected chi connectivity index (χ4v) is 1.54. The first-order valence-electron chi connectivity index (χ1n) is 4.65. The van der Waals surface area contributed by atoms with Crippen molar-refractivity contribution in [2.45, 2.75) is 6.04 Å². The number of nitrogens with one attached hydrogen (secondary N) is 1. The molecule has 0 aliphatic heterocycles. The second kappa shape index (κ2) is 5.65. The predicted molar refractivity (Wildman–Crippen MR) is 64.5 cm³/mol. The number of nitrogen functional groups attached to an aromatic ring is 1. The number of carbonyl (C=O) groups is 2. The minimum Gasteiger partial charge on any atom is -0.480 e. The number of aliphatic carboxylic acids is 1. The van der Waals surface area contributed by atoms with Crippen molar-refractivity contribution in [3.05, 3.63) is 28.2 Å². The van der Waals surface area contributed by atoms with Gasteiger partial charge in [0, 0.05) is 10.2 Å². The molecule has 0 bridgehead atoms. The van der Waals surface area contributed by atoms with Crippen molar-refractivity contribution in [3.63, 3.8) is 0 Å². The van der Waals surface area contributed by atoms with E-state index in [1.807, 2.05) is 0 Å². The molecular formula is C10H11BrN2O4. The number of rotatable bonds is 4. The minimum absolute atomic E-state index is 0.160. The molecule has 92 valence electrons. The van der Waals surface area contributed by atoms with Crippen molar-refractivity contribution in [3.8, 4) is 0 Å². The molecule has 1 atom stereocenters. The number of carboxylic acids is 1. The third-order valence-electron chi connectivity index (χ3n) is 2.04. The van der Waals surface area contributed by atoms with Crippen LogP contribution in [0.15, 0.2) is 22.7 Å². The topological polar surface area (TPSA) is 113 Å². The van der Waals surface area contributed by atoms with E-state index in [0.717, 1.165) is 0 Å². The number of hydrogen-bond donors (Lipinski definition) is 4. The van der Waals surface area contributed by atoms with E-state index in [4.69, 9.17) is 15.9 Å². The van der Waals surface area contributed by atoms with Crippen molar-refractivity contribution in [2.24, 2.45) is 0 Å². The first-order chi connectivity index (χ1) is 7.95. The molecule has 1 rings (SSSR count). The van der Waals surface area contributed by atoms with Crippen LogP contribution in [0.5, 0.6) is 0 Å². The molecule has 0 saturated heterocycles. The van der Waals surface area contributed by atoms with E-state index >= 15 is 0 Å². The highest BCUT2D eigenvalue weighted by atomic mass is 79.9. The molecule has 0 aliphatic rings. The van der Waals surface area contributed by atoms with E-state index in [0.29, 0.717) is 4.47 Å². The number of nitrogens with two attached hydrogens (primary N) is 1. The Labute approximate surface area is 106 Å². The molecule has 0 unspecified atom stereocenters. The van der Waals surface area contributed by atoms with E-state index in [1.165, 1.54) is 12.1 Å². The van der Waals surface area contributed by atoms with Gasteiger partial charge in [0.1, 0.15) is 0 Å². The number of hydrogen-bond acceptors (Lipinski definition) is 4. The molecule has 1 amide bonds. The number of amides is 1. The lowest BCUT2D eigenvalue weighted by Gasteiger charge is -2.12. The molecule has 0 aromatic heterocycles. The second-order valence-corrected chi connectivity index (χ2v) is 4.19. The van der Waals surface area contributed by atoms with Crippen LogP contribution in [-0.2, 0) is 4.79 Å². The van der Waals surface area contributed by atoms with Crippen molar-refractivity contribution >= 4 is 33.5 Å². The summed E-state index contributed by atoms with van der Waals surface area (Å²) in [5, 5.41) is 19.6. The van der Waals surface area contributed by atoms with Crippen LogP contribution in [0.3, 0.4) is 0 Å². The van der Waals surface area contributed by atoms with Crippen molar-refractivity contribution in [2.75, 3.05) is 12.3 Å². The highest BCUT2D eigenvalue weighted by Gasteiger charge is 2.20. The van der Waals surface area contributed by atoms with Gasteiger partial charge in [-0.25, -0.2) is 4.79 Å². The molecule has 7 heteroatoms. The number of anilines is 1. The third kappa shape index (κ3) is 3.43. The van der Waals surface area contributed by atoms with Crippen LogP contribution in [0.4, 0.5) is 5.69 Å². The van der Waals surface area contributed by atoms with Crippen LogP contribution >= 0.6 is 15.9 Å². The molecular weight excluding hydrogens is 292 g/mol. The Kier molecular flexibility index (Phi) is 4.47. The first kappa shape index (κ1) is 13.5. The molecule has 0 spiro atoms. The normalized spacial score (nSPS) is 11.9. The van der Waals surface area contributed by atoms with Crippen LogP contribution in [0.2, 0.25) is 0 Å². The number of carboxylic acid groups (broad SMARTS) is 1. The summed E-state index contributed by atoms with van der Waals surface area (Å²) in [7, 11) is 0. The molecule has 1 aromatic carbocycles. The number of aliphatic hydroxyl groups is 1. The highest BCUT2D eigenvalue weighted by Crippen LogP contribution is 2.18. The molecule has 0 saturated carbocycles. The third-order valence-corrected chi connectivity index (χ3v) is 2.54. The number of aliphatic hydroxyl groups excluding tert-OH is 1. The van der Waals surface area contributed by atoms with Gasteiger partial charge in [0.05, 0.1) is 12.2 Å². The Morgan fingerprint density at radius 3 is 2.59 bits per heavy atom. The lowest BCUT2D eigenvalue weighted by Crippen LogP contribution is -2.43. The zero-order valence-corrected chi connectivity index (χ0v) is 10.3. The first-order valence-corrected chi connectivity index (χ1v) is 5.44. The zero-order valence-electron chi connectivity index (χ0n) is 8.68. The summed E-state index contributed by atoms with van der Waals surface area (Å²) in [6.45, 7) is -0.683. The summed E-state index contributed by atoms with van der Waals surface area (Å²) < 4.78 is 0.712. The number of halogens is 1. The van der Waals surface area contributed by atoms with Gasteiger partial charge in [-0.15, -0.1) is 0 Å². The molecule has 0 fully saturated rings. The minimum atomic E-state index is -1.34. The Hall–Kier alpha value is -1.60. The summed E-state index contributed by atoms with van der Waals surface area (Å²) >= 11 is 3.19. The Bertz CT molecular complexity index is 450. The van der Waals surface area contributed by atoms with Gasteiger partial charge in [-0.2, -0.15) is 0 Å².